The zero-order valence-electron chi connectivity index (χ0n) is 11.2. The Morgan fingerprint density at radius 1 is 1.30 bits per heavy atom. The highest BCUT2D eigenvalue weighted by Gasteiger charge is 2.43. The molecule has 0 saturated heterocycles. The smallest absolute Gasteiger partial charge is 0.234 e. The molecule has 5 heteroatoms. The quantitative estimate of drug-likeness (QED) is 0.923. The van der Waals surface area contributed by atoms with E-state index < -0.39 is 0 Å². The van der Waals surface area contributed by atoms with Gasteiger partial charge in [0.15, 0.2) is 5.82 Å². The zero-order chi connectivity index (χ0) is 13.6. The summed E-state index contributed by atoms with van der Waals surface area (Å²) < 4.78 is 11.2. The van der Waals surface area contributed by atoms with Crippen molar-refractivity contribution < 1.29 is 9.26 Å². The Morgan fingerprint density at radius 2 is 2.15 bits per heavy atom. The summed E-state index contributed by atoms with van der Waals surface area (Å²) >= 11 is 0. The Labute approximate surface area is 117 Å². The summed E-state index contributed by atoms with van der Waals surface area (Å²) in [6.45, 7) is 1.15. The van der Waals surface area contributed by atoms with E-state index in [0.717, 1.165) is 24.2 Å². The molecule has 1 unspecified atom stereocenters. The van der Waals surface area contributed by atoms with Gasteiger partial charge in [-0.2, -0.15) is 4.98 Å². The molecule has 5 nitrogen and oxygen atoms in total. The summed E-state index contributed by atoms with van der Waals surface area (Å²) in [6.07, 6.45) is 3.27. The predicted octanol–water partition coefficient (Wildman–Crippen LogP) is 1.97. The summed E-state index contributed by atoms with van der Waals surface area (Å²) in [7, 11) is 0. The molecular weight excluding hydrogens is 254 g/mol. The summed E-state index contributed by atoms with van der Waals surface area (Å²) in [5.41, 5.74) is 6.94. The van der Waals surface area contributed by atoms with Crippen molar-refractivity contribution >= 4 is 0 Å². The maximum Gasteiger partial charge on any atom is 0.234 e. The maximum absolute atomic E-state index is 5.89. The Kier molecular flexibility index (Phi) is 2.57. The van der Waals surface area contributed by atoms with Crippen LogP contribution in [-0.4, -0.2) is 23.3 Å². The minimum absolute atomic E-state index is 0.0681. The molecule has 2 aliphatic rings. The van der Waals surface area contributed by atoms with E-state index in [2.05, 4.69) is 16.2 Å². The van der Waals surface area contributed by atoms with Crippen LogP contribution in [0.3, 0.4) is 0 Å². The first-order chi connectivity index (χ1) is 9.82. The molecule has 0 amide bonds. The van der Waals surface area contributed by atoms with Gasteiger partial charge in [-0.15, -0.1) is 0 Å². The van der Waals surface area contributed by atoms with Gasteiger partial charge in [0.25, 0.3) is 0 Å². The standard InChI is InChI=1S/C15H17N3O2/c16-9-15(6-3-7-15)14-17-13(18-20-14)11-8-19-12-5-2-1-4-10(11)12/h1-2,4-5,11H,3,6-9,16H2. The Morgan fingerprint density at radius 3 is 2.90 bits per heavy atom. The monoisotopic (exact) mass is 271 g/mol. The van der Waals surface area contributed by atoms with Crippen molar-refractivity contribution in [3.63, 3.8) is 0 Å². The Balaban J connectivity index is 1.67. The molecule has 2 heterocycles. The average molecular weight is 271 g/mol. The summed E-state index contributed by atoms with van der Waals surface area (Å²) in [5, 5.41) is 4.17. The summed E-state index contributed by atoms with van der Waals surface area (Å²) in [4.78, 5) is 4.62. The molecule has 0 bridgehead atoms. The fourth-order valence-electron chi connectivity index (χ4n) is 3.08. The third-order valence-electron chi connectivity index (χ3n) is 4.61. The highest BCUT2D eigenvalue weighted by molar-refractivity contribution is 5.42. The number of rotatable bonds is 3. The van der Waals surface area contributed by atoms with Crippen LogP contribution >= 0.6 is 0 Å². The van der Waals surface area contributed by atoms with E-state index in [1.54, 1.807) is 0 Å². The SMILES string of the molecule is NCC1(c2nc(C3COc4ccccc43)no2)CCC1. The van der Waals surface area contributed by atoms with Gasteiger partial charge in [0.2, 0.25) is 5.89 Å². The molecule has 104 valence electrons. The molecule has 1 atom stereocenters. The second kappa shape index (κ2) is 4.31. The van der Waals surface area contributed by atoms with Crippen LogP contribution < -0.4 is 10.5 Å². The fourth-order valence-corrected chi connectivity index (χ4v) is 3.08. The van der Waals surface area contributed by atoms with Crippen LogP contribution in [0.25, 0.3) is 0 Å². The number of hydrogen-bond donors (Lipinski definition) is 1. The van der Waals surface area contributed by atoms with Crippen molar-refractivity contribution in [3.8, 4) is 5.75 Å². The molecule has 1 aliphatic heterocycles. The molecule has 1 saturated carbocycles. The van der Waals surface area contributed by atoms with Crippen molar-refractivity contribution in [2.75, 3.05) is 13.2 Å². The normalized spacial score (nSPS) is 22.9. The lowest BCUT2D eigenvalue weighted by atomic mass is 9.69. The number of aromatic nitrogens is 2. The predicted molar refractivity (Wildman–Crippen MR) is 72.7 cm³/mol. The molecular formula is C15H17N3O2. The van der Waals surface area contributed by atoms with Crippen molar-refractivity contribution in [2.45, 2.75) is 30.6 Å². The summed E-state index contributed by atoms with van der Waals surface area (Å²) in [5.74, 6) is 2.40. The van der Waals surface area contributed by atoms with E-state index in [-0.39, 0.29) is 11.3 Å². The van der Waals surface area contributed by atoms with Crippen molar-refractivity contribution in [3.05, 3.63) is 41.5 Å². The van der Waals surface area contributed by atoms with Crippen molar-refractivity contribution in [2.24, 2.45) is 5.73 Å². The molecule has 1 fully saturated rings. The highest BCUT2D eigenvalue weighted by atomic mass is 16.5. The number of ether oxygens (including phenoxy) is 1. The molecule has 0 radical (unpaired) electrons. The number of para-hydroxylation sites is 1. The highest BCUT2D eigenvalue weighted by Crippen LogP contribution is 2.43. The Bertz CT molecular complexity index is 628. The first kappa shape index (κ1) is 11.9. The van der Waals surface area contributed by atoms with Crippen molar-refractivity contribution in [1.29, 1.82) is 0 Å². The third-order valence-corrected chi connectivity index (χ3v) is 4.61. The van der Waals surface area contributed by atoms with Crippen LogP contribution in [0.15, 0.2) is 28.8 Å². The van der Waals surface area contributed by atoms with Crippen LogP contribution in [0.5, 0.6) is 5.75 Å². The van der Waals surface area contributed by atoms with E-state index in [9.17, 15) is 0 Å². The van der Waals surface area contributed by atoms with Crippen LogP contribution in [-0.2, 0) is 5.41 Å². The topological polar surface area (TPSA) is 74.2 Å². The van der Waals surface area contributed by atoms with E-state index in [4.69, 9.17) is 15.0 Å². The lowest BCUT2D eigenvalue weighted by molar-refractivity contribution is 0.181. The second-order valence-corrected chi connectivity index (χ2v) is 5.70. The lowest BCUT2D eigenvalue weighted by Gasteiger charge is -2.36. The number of benzene rings is 1. The van der Waals surface area contributed by atoms with Gasteiger partial charge in [-0.3, -0.25) is 0 Å². The first-order valence-electron chi connectivity index (χ1n) is 7.08. The number of nitrogens with two attached hydrogens (primary N) is 1. The molecule has 0 spiro atoms. The van der Waals surface area contributed by atoms with Gasteiger partial charge < -0.3 is 15.0 Å². The second-order valence-electron chi connectivity index (χ2n) is 5.70. The van der Waals surface area contributed by atoms with Crippen LogP contribution in [0.2, 0.25) is 0 Å². The minimum atomic E-state index is -0.0791. The van der Waals surface area contributed by atoms with E-state index in [1.807, 2.05) is 18.2 Å². The average Bonchev–Trinajstić information content (AvgIpc) is 3.04. The number of hydrogen-bond acceptors (Lipinski definition) is 5. The number of fused-ring (bicyclic) bond motifs is 1. The van der Waals surface area contributed by atoms with E-state index >= 15 is 0 Å². The van der Waals surface area contributed by atoms with Crippen LogP contribution in [0, 0.1) is 0 Å². The lowest BCUT2D eigenvalue weighted by Crippen LogP contribution is -2.41. The van der Waals surface area contributed by atoms with Gasteiger partial charge in [-0.1, -0.05) is 29.8 Å². The Hall–Kier alpha value is -1.88. The largest absolute Gasteiger partial charge is 0.492 e. The van der Waals surface area contributed by atoms with Crippen molar-refractivity contribution in [1.82, 2.24) is 10.1 Å². The maximum atomic E-state index is 5.89. The molecule has 2 aromatic rings. The molecule has 4 rings (SSSR count). The van der Waals surface area contributed by atoms with Gasteiger partial charge in [0, 0.05) is 12.1 Å². The molecule has 1 aromatic heterocycles. The van der Waals surface area contributed by atoms with Crippen LogP contribution in [0.4, 0.5) is 0 Å². The van der Waals surface area contributed by atoms with Gasteiger partial charge >= 0.3 is 0 Å². The van der Waals surface area contributed by atoms with E-state index in [1.165, 1.54) is 6.42 Å². The molecule has 20 heavy (non-hydrogen) atoms. The number of nitrogens with zero attached hydrogens (tertiary/aromatic N) is 2. The zero-order valence-corrected chi connectivity index (χ0v) is 11.2. The van der Waals surface area contributed by atoms with Gasteiger partial charge in [0.1, 0.15) is 12.4 Å². The van der Waals surface area contributed by atoms with Gasteiger partial charge in [-0.05, 0) is 18.9 Å². The van der Waals surface area contributed by atoms with Gasteiger partial charge in [-0.25, -0.2) is 0 Å². The van der Waals surface area contributed by atoms with Crippen LogP contribution in [0.1, 0.15) is 42.5 Å². The van der Waals surface area contributed by atoms with E-state index in [0.29, 0.717) is 24.9 Å². The fraction of sp³-hybridized carbons (Fsp3) is 0.467. The minimum Gasteiger partial charge on any atom is -0.492 e. The molecule has 1 aliphatic carbocycles. The molecule has 2 N–H and O–H groups in total. The third kappa shape index (κ3) is 1.59. The summed E-state index contributed by atoms with van der Waals surface area (Å²) in [6, 6.07) is 8.02. The van der Waals surface area contributed by atoms with Gasteiger partial charge in [0.05, 0.1) is 11.3 Å². The first-order valence-corrected chi connectivity index (χ1v) is 7.08. The molecule has 1 aromatic carbocycles.